The topological polar surface area (TPSA) is 39.2 Å². The number of Topliss-reactive ketones (excluding diaryl/α,β-unsaturated/α-hetero) is 1. The van der Waals surface area contributed by atoms with E-state index < -0.39 is 0 Å². The molecule has 0 fully saturated rings. The van der Waals surface area contributed by atoms with Crippen molar-refractivity contribution in [2.45, 2.75) is 20.5 Å². The lowest BCUT2D eigenvalue weighted by molar-refractivity contribution is 0.101. The molecule has 0 radical (unpaired) electrons. The third-order valence-electron chi connectivity index (χ3n) is 1.63. The molecule has 0 saturated heterocycles. The molecule has 1 rings (SSSR count). The largest absolute Gasteiger partial charge is 0.380 e. The fraction of sp³-hybridized carbons (Fsp3) is 0.455. The van der Waals surface area contributed by atoms with E-state index in [0.29, 0.717) is 17.5 Å². The second kappa shape index (κ2) is 8.67. The number of pyridine rings is 1. The summed E-state index contributed by atoms with van der Waals surface area (Å²) in [6.45, 7) is 4.40. The molecule has 16 heavy (non-hydrogen) atoms. The number of aromatic nitrogens is 1. The monoisotopic (exact) mass is 307 g/mol. The van der Waals surface area contributed by atoms with Crippen LogP contribution in [0.4, 0.5) is 0 Å². The van der Waals surface area contributed by atoms with Crippen molar-refractivity contribution in [3.05, 3.63) is 28.5 Å². The molecule has 0 amide bonds. The number of carbonyl (C=O) groups is 1. The van der Waals surface area contributed by atoms with Crippen molar-refractivity contribution < 1.29 is 9.53 Å². The summed E-state index contributed by atoms with van der Waals surface area (Å²) in [5.74, 6) is -0.0872. The average Bonchev–Trinajstić information content (AvgIpc) is 2.33. The molecule has 3 nitrogen and oxygen atoms in total. The van der Waals surface area contributed by atoms with Crippen LogP contribution < -0.4 is 0 Å². The molecule has 90 valence electrons. The Bertz CT molecular complexity index is 345. The Morgan fingerprint density at radius 1 is 1.50 bits per heavy atom. The summed E-state index contributed by atoms with van der Waals surface area (Å²) in [7, 11) is 1.58. The molecule has 0 bridgehead atoms. The number of rotatable bonds is 4. The van der Waals surface area contributed by atoms with Gasteiger partial charge in [0, 0.05) is 12.7 Å². The normalized spacial score (nSPS) is 9.31. The maximum absolute atomic E-state index is 11.2. The van der Waals surface area contributed by atoms with Crippen molar-refractivity contribution in [3.63, 3.8) is 0 Å². The van der Waals surface area contributed by atoms with Gasteiger partial charge < -0.3 is 4.74 Å². The minimum absolute atomic E-state index is 0.0872. The van der Waals surface area contributed by atoms with Crippen molar-refractivity contribution in [1.29, 1.82) is 0 Å². The average molecular weight is 309 g/mol. The van der Waals surface area contributed by atoms with Gasteiger partial charge in [-0.1, -0.05) is 47.4 Å². The molecule has 0 saturated carbocycles. The van der Waals surface area contributed by atoms with Crippen molar-refractivity contribution in [2.24, 2.45) is 0 Å². The minimum Gasteiger partial charge on any atom is -0.380 e. The molecular formula is C11H15BrClNO2. The summed E-state index contributed by atoms with van der Waals surface area (Å²) in [5.41, 5.74) is 1.15. The molecule has 0 N–H and O–H groups in total. The van der Waals surface area contributed by atoms with Gasteiger partial charge in [-0.05, 0) is 6.07 Å². The number of alkyl halides is 1. The van der Waals surface area contributed by atoms with Crippen LogP contribution in [-0.4, -0.2) is 23.2 Å². The van der Waals surface area contributed by atoms with E-state index in [2.05, 4.69) is 20.9 Å². The predicted octanol–water partition coefficient (Wildman–Crippen LogP) is 3.49. The first-order chi connectivity index (χ1) is 7.69. The molecular weight excluding hydrogens is 293 g/mol. The number of ether oxygens (including phenoxy) is 1. The predicted molar refractivity (Wildman–Crippen MR) is 69.4 cm³/mol. The SMILES string of the molecule is CC.COCc1ccc(C(=O)CBr)nc1Cl. The van der Waals surface area contributed by atoms with Gasteiger partial charge in [-0.2, -0.15) is 0 Å². The maximum atomic E-state index is 11.2. The van der Waals surface area contributed by atoms with Crippen LogP contribution in [0, 0.1) is 0 Å². The lowest BCUT2D eigenvalue weighted by atomic mass is 10.2. The van der Waals surface area contributed by atoms with Gasteiger partial charge in [-0.15, -0.1) is 0 Å². The molecule has 0 atom stereocenters. The zero-order valence-electron chi connectivity index (χ0n) is 9.59. The molecule has 0 aliphatic rings. The van der Waals surface area contributed by atoms with E-state index >= 15 is 0 Å². The van der Waals surface area contributed by atoms with Gasteiger partial charge in [-0.25, -0.2) is 4.98 Å². The number of halogens is 2. The Morgan fingerprint density at radius 3 is 2.56 bits per heavy atom. The molecule has 0 aliphatic heterocycles. The summed E-state index contributed by atoms with van der Waals surface area (Å²) in [6, 6.07) is 3.39. The molecule has 1 aromatic heterocycles. The number of hydrogen-bond acceptors (Lipinski definition) is 3. The molecule has 0 unspecified atom stereocenters. The Labute approximate surface area is 109 Å². The first-order valence-corrected chi connectivity index (χ1v) is 6.42. The van der Waals surface area contributed by atoms with Gasteiger partial charge in [0.25, 0.3) is 0 Å². The quantitative estimate of drug-likeness (QED) is 0.485. The first kappa shape index (κ1) is 15.6. The highest BCUT2D eigenvalue weighted by molar-refractivity contribution is 9.09. The van der Waals surface area contributed by atoms with Crippen LogP contribution in [0.5, 0.6) is 0 Å². The van der Waals surface area contributed by atoms with Gasteiger partial charge >= 0.3 is 0 Å². The number of hydrogen-bond donors (Lipinski definition) is 0. The van der Waals surface area contributed by atoms with Gasteiger partial charge in [-0.3, -0.25) is 4.79 Å². The second-order valence-electron chi connectivity index (χ2n) is 2.64. The van der Waals surface area contributed by atoms with E-state index in [1.165, 1.54) is 0 Å². The highest BCUT2D eigenvalue weighted by atomic mass is 79.9. The van der Waals surface area contributed by atoms with E-state index in [-0.39, 0.29) is 11.1 Å². The van der Waals surface area contributed by atoms with Crippen molar-refractivity contribution in [1.82, 2.24) is 4.98 Å². The van der Waals surface area contributed by atoms with Crippen LogP contribution in [0.15, 0.2) is 12.1 Å². The van der Waals surface area contributed by atoms with Crippen molar-refractivity contribution >= 4 is 33.3 Å². The summed E-state index contributed by atoms with van der Waals surface area (Å²) in [6.07, 6.45) is 0. The van der Waals surface area contributed by atoms with E-state index in [9.17, 15) is 4.79 Å². The second-order valence-corrected chi connectivity index (χ2v) is 3.55. The Kier molecular flexibility index (Phi) is 8.43. The number of carbonyl (C=O) groups excluding carboxylic acids is 1. The molecule has 5 heteroatoms. The summed E-state index contributed by atoms with van der Waals surface area (Å²) >= 11 is 8.92. The molecule has 0 aromatic carbocycles. The lowest BCUT2D eigenvalue weighted by Crippen LogP contribution is -2.04. The summed E-state index contributed by atoms with van der Waals surface area (Å²) in [4.78, 5) is 15.2. The Balaban J connectivity index is 0.00000106. The van der Waals surface area contributed by atoms with Crippen LogP contribution in [-0.2, 0) is 11.3 Å². The zero-order valence-corrected chi connectivity index (χ0v) is 11.9. The fourth-order valence-electron chi connectivity index (χ4n) is 0.950. The fourth-order valence-corrected chi connectivity index (χ4v) is 1.45. The van der Waals surface area contributed by atoms with E-state index in [1.54, 1.807) is 19.2 Å². The number of methoxy groups -OCH3 is 1. The molecule has 1 heterocycles. The van der Waals surface area contributed by atoms with Gasteiger partial charge in [0.2, 0.25) is 0 Å². The molecule has 0 aliphatic carbocycles. The van der Waals surface area contributed by atoms with Crippen molar-refractivity contribution in [3.8, 4) is 0 Å². The van der Waals surface area contributed by atoms with Gasteiger partial charge in [0.05, 0.1) is 11.9 Å². The highest BCUT2D eigenvalue weighted by Crippen LogP contribution is 2.15. The van der Waals surface area contributed by atoms with E-state index in [1.807, 2.05) is 13.8 Å². The van der Waals surface area contributed by atoms with Crippen LogP contribution in [0.3, 0.4) is 0 Å². The van der Waals surface area contributed by atoms with Gasteiger partial charge in [0.1, 0.15) is 10.8 Å². The van der Waals surface area contributed by atoms with E-state index in [4.69, 9.17) is 16.3 Å². The summed E-state index contributed by atoms with van der Waals surface area (Å²) in [5, 5.41) is 0.568. The third kappa shape index (κ3) is 4.60. The molecule has 0 spiro atoms. The summed E-state index contributed by atoms with van der Waals surface area (Å²) < 4.78 is 4.92. The lowest BCUT2D eigenvalue weighted by Gasteiger charge is -2.03. The smallest absolute Gasteiger partial charge is 0.191 e. The number of nitrogens with zero attached hydrogens (tertiary/aromatic N) is 1. The number of ketones is 1. The Morgan fingerprint density at radius 2 is 2.12 bits per heavy atom. The van der Waals surface area contributed by atoms with Gasteiger partial charge in [0.15, 0.2) is 5.78 Å². The van der Waals surface area contributed by atoms with Crippen LogP contribution >= 0.6 is 27.5 Å². The Hall–Kier alpha value is -0.450. The minimum atomic E-state index is -0.0872. The van der Waals surface area contributed by atoms with Crippen LogP contribution in [0.2, 0.25) is 5.15 Å². The standard InChI is InChI=1S/C9H9BrClNO2.C2H6/c1-14-5-6-2-3-7(8(13)4-10)12-9(6)11;1-2/h2-3H,4-5H2,1H3;1-2H3. The maximum Gasteiger partial charge on any atom is 0.191 e. The molecule has 1 aromatic rings. The highest BCUT2D eigenvalue weighted by Gasteiger charge is 2.08. The van der Waals surface area contributed by atoms with Crippen LogP contribution in [0.25, 0.3) is 0 Å². The van der Waals surface area contributed by atoms with E-state index in [0.717, 1.165) is 5.56 Å². The van der Waals surface area contributed by atoms with Crippen molar-refractivity contribution in [2.75, 3.05) is 12.4 Å². The first-order valence-electron chi connectivity index (χ1n) is 4.92. The third-order valence-corrected chi connectivity index (χ3v) is 2.47. The zero-order chi connectivity index (χ0) is 12.6. The van der Waals surface area contributed by atoms with Crippen LogP contribution in [0.1, 0.15) is 29.9 Å².